The molecule has 232 valence electrons. The summed E-state index contributed by atoms with van der Waals surface area (Å²) in [6.07, 6.45) is 10.9. The zero-order valence-electron chi connectivity index (χ0n) is 25.1. The largest absolute Gasteiger partial charge is 0.457 e. The molecule has 4 aliphatic rings. The van der Waals surface area contributed by atoms with Crippen molar-refractivity contribution in [1.82, 2.24) is 9.78 Å². The maximum absolute atomic E-state index is 14.0. The van der Waals surface area contributed by atoms with Crippen LogP contribution in [0.2, 0.25) is 0 Å². The molecule has 0 bridgehead atoms. The van der Waals surface area contributed by atoms with E-state index in [1.165, 1.54) is 35.7 Å². The number of aliphatic hydroxyl groups excluding tert-OH is 1. The summed E-state index contributed by atoms with van der Waals surface area (Å²) < 4.78 is 27.1. The number of nitrogens with zero attached hydrogens (tertiary/aromatic N) is 2. The molecule has 1 N–H and O–H groups in total. The molecule has 7 nitrogen and oxygen atoms in total. The van der Waals surface area contributed by atoms with Crippen molar-refractivity contribution < 1.29 is 28.2 Å². The Hall–Kier alpha value is -2.82. The van der Waals surface area contributed by atoms with Gasteiger partial charge >= 0.3 is 5.97 Å². The molecular formula is C34H37FN2O5S2. The summed E-state index contributed by atoms with van der Waals surface area (Å²) in [5.41, 5.74) is 1.89. The van der Waals surface area contributed by atoms with Crippen molar-refractivity contribution in [2.45, 2.75) is 64.1 Å². The number of carbonyl (C=O) groups excluding carboxylic acids is 2. The van der Waals surface area contributed by atoms with Gasteiger partial charge in [0.25, 0.3) is 0 Å². The van der Waals surface area contributed by atoms with Crippen LogP contribution in [0.25, 0.3) is 11.8 Å². The summed E-state index contributed by atoms with van der Waals surface area (Å²) in [7, 11) is 0. The molecule has 3 fully saturated rings. The smallest absolute Gasteiger partial charge is 0.375 e. The number of fused-ring (bicyclic) bond motifs is 6. The van der Waals surface area contributed by atoms with Crippen molar-refractivity contribution in [3.05, 3.63) is 77.3 Å². The molecule has 2 unspecified atom stereocenters. The summed E-state index contributed by atoms with van der Waals surface area (Å²) in [6.45, 7) is 4.34. The van der Waals surface area contributed by atoms with Gasteiger partial charge in [0, 0.05) is 10.5 Å². The molecule has 7 atom stereocenters. The van der Waals surface area contributed by atoms with E-state index in [0.29, 0.717) is 17.9 Å². The van der Waals surface area contributed by atoms with Crippen molar-refractivity contribution in [2.75, 3.05) is 11.3 Å². The number of hydrogen-bond donors (Lipinski definition) is 1. The molecule has 1 aromatic carbocycles. The van der Waals surface area contributed by atoms with Crippen LogP contribution in [0.1, 0.15) is 67.8 Å². The predicted molar refractivity (Wildman–Crippen MR) is 169 cm³/mol. The number of rotatable bonds is 6. The predicted octanol–water partition coefficient (Wildman–Crippen LogP) is 6.93. The van der Waals surface area contributed by atoms with E-state index in [1.807, 2.05) is 17.1 Å². The van der Waals surface area contributed by atoms with Crippen molar-refractivity contribution in [3.8, 4) is 5.69 Å². The molecule has 2 aromatic heterocycles. The summed E-state index contributed by atoms with van der Waals surface area (Å²) in [5, 5.41) is 17.2. The van der Waals surface area contributed by atoms with E-state index >= 15 is 0 Å². The second kappa shape index (κ2) is 10.9. The van der Waals surface area contributed by atoms with Crippen LogP contribution in [0.15, 0.2) is 58.8 Å². The Bertz CT molecular complexity index is 1620. The lowest BCUT2D eigenvalue weighted by atomic mass is 9.45. The first-order chi connectivity index (χ1) is 21.1. The number of aromatic nitrogens is 2. The molecule has 0 radical (unpaired) electrons. The molecule has 4 aliphatic carbocycles. The number of benzene rings is 1. The minimum atomic E-state index is -1.35. The molecule has 0 amide bonds. The Morgan fingerprint density at radius 2 is 2.00 bits per heavy atom. The molecule has 10 heteroatoms. The Kier molecular flexibility index (Phi) is 7.41. The monoisotopic (exact) mass is 636 g/mol. The van der Waals surface area contributed by atoms with Gasteiger partial charge in [0.2, 0.25) is 10.9 Å². The van der Waals surface area contributed by atoms with Gasteiger partial charge < -0.3 is 14.3 Å². The molecule has 0 spiro atoms. The molecular weight excluding hydrogens is 600 g/mol. The van der Waals surface area contributed by atoms with Crippen LogP contribution in [0.4, 0.5) is 4.39 Å². The first kappa shape index (κ1) is 29.9. The standard InChI is InChI=1S/C34H37FN2O5S2/c1-32-16-20-18-36-37(23-9-7-22(35)8-10-23)26(20)15-21(32)6-11-24-25-12-13-34(31(40)44-19-43-3,33(25,2)17-27(38)29(24)32)42-30(39)28-5-4-14-41-28/h4-5,7-10,14-15,18,24-25,27,29,38H,6,11-13,16-17,19H2,1-3H3/t24-,25?,27-,29?,32-,33-,34-/m0/s1. The highest BCUT2D eigenvalue weighted by Crippen LogP contribution is 2.69. The molecule has 0 aliphatic heterocycles. The van der Waals surface area contributed by atoms with Gasteiger partial charge in [-0.2, -0.15) is 16.9 Å². The van der Waals surface area contributed by atoms with Crippen LogP contribution < -0.4 is 0 Å². The van der Waals surface area contributed by atoms with Crippen molar-refractivity contribution in [3.63, 3.8) is 0 Å². The van der Waals surface area contributed by atoms with Gasteiger partial charge in [0.15, 0.2) is 5.60 Å². The van der Waals surface area contributed by atoms with Crippen LogP contribution in [0.5, 0.6) is 0 Å². The number of thioether (sulfide) groups is 2. The fourth-order valence-corrected chi connectivity index (χ4v) is 10.8. The number of hydrogen-bond acceptors (Lipinski definition) is 8. The quantitative estimate of drug-likeness (QED) is 0.230. The van der Waals surface area contributed by atoms with Gasteiger partial charge in [0.1, 0.15) is 5.82 Å². The van der Waals surface area contributed by atoms with E-state index in [4.69, 9.17) is 9.15 Å². The van der Waals surface area contributed by atoms with E-state index in [0.717, 1.165) is 42.6 Å². The summed E-state index contributed by atoms with van der Waals surface area (Å²) in [5.74, 6) is -0.567. The van der Waals surface area contributed by atoms with Crippen LogP contribution in [0.3, 0.4) is 0 Å². The highest BCUT2D eigenvalue weighted by Gasteiger charge is 2.70. The van der Waals surface area contributed by atoms with E-state index in [2.05, 4.69) is 25.0 Å². The van der Waals surface area contributed by atoms with E-state index in [-0.39, 0.29) is 39.9 Å². The maximum Gasteiger partial charge on any atom is 0.375 e. The van der Waals surface area contributed by atoms with Crippen LogP contribution >= 0.6 is 23.5 Å². The van der Waals surface area contributed by atoms with Gasteiger partial charge in [-0.05, 0) is 116 Å². The summed E-state index contributed by atoms with van der Waals surface area (Å²) in [4.78, 5) is 27.4. The molecule has 2 heterocycles. The summed E-state index contributed by atoms with van der Waals surface area (Å²) in [6, 6.07) is 9.56. The third kappa shape index (κ3) is 4.38. The third-order valence-corrected chi connectivity index (χ3v) is 13.2. The third-order valence-electron chi connectivity index (χ3n) is 11.2. The zero-order valence-corrected chi connectivity index (χ0v) is 26.8. The SMILES string of the molecule is CSCSC(=O)[C@@]1(OC(=O)c2ccco2)CCC2[C@@H]3CCC4=Cc5c(cnn5-c5ccc(F)cc5)C[C@]4(C)C3[C@@H](O)C[C@@]21C. The molecule has 3 aromatic rings. The van der Waals surface area contributed by atoms with Crippen LogP contribution in [-0.2, 0) is 16.0 Å². The Labute approximate surface area is 265 Å². The minimum Gasteiger partial charge on any atom is -0.457 e. The number of allylic oxidation sites excluding steroid dienone is 1. The topological polar surface area (TPSA) is 94.6 Å². The average Bonchev–Trinajstić information content (AvgIpc) is 3.73. The molecule has 3 saturated carbocycles. The first-order valence-electron chi connectivity index (χ1n) is 15.3. The lowest BCUT2D eigenvalue weighted by molar-refractivity contribution is -0.175. The van der Waals surface area contributed by atoms with Crippen molar-refractivity contribution in [1.29, 1.82) is 0 Å². The van der Waals surface area contributed by atoms with Gasteiger partial charge in [-0.1, -0.05) is 31.2 Å². The number of furan rings is 1. The second-order valence-electron chi connectivity index (χ2n) is 13.3. The Morgan fingerprint density at radius 1 is 1.20 bits per heavy atom. The van der Waals surface area contributed by atoms with Gasteiger partial charge in [0.05, 0.1) is 29.9 Å². The Balaban J connectivity index is 1.22. The fraction of sp³-hybridized carbons (Fsp3) is 0.500. The average molecular weight is 637 g/mol. The second-order valence-corrected chi connectivity index (χ2v) is 15.5. The number of halogens is 1. The van der Waals surface area contributed by atoms with Gasteiger partial charge in [-0.25, -0.2) is 13.9 Å². The van der Waals surface area contributed by atoms with Crippen LogP contribution in [0, 0.1) is 34.4 Å². The van der Waals surface area contributed by atoms with E-state index < -0.39 is 23.1 Å². The highest BCUT2D eigenvalue weighted by molar-refractivity contribution is 8.23. The minimum absolute atomic E-state index is 0.00609. The van der Waals surface area contributed by atoms with Crippen molar-refractivity contribution in [2.24, 2.45) is 28.6 Å². The zero-order chi connectivity index (χ0) is 30.9. The molecule has 44 heavy (non-hydrogen) atoms. The number of carbonyl (C=O) groups is 2. The number of ether oxygens (including phenoxy) is 1. The molecule has 7 rings (SSSR count). The van der Waals surface area contributed by atoms with Crippen LogP contribution in [-0.4, -0.2) is 49.0 Å². The normalized spacial score (nSPS) is 33.9. The lowest BCUT2D eigenvalue weighted by Gasteiger charge is -2.60. The maximum atomic E-state index is 14.0. The summed E-state index contributed by atoms with van der Waals surface area (Å²) >= 11 is 2.77. The van der Waals surface area contributed by atoms with Gasteiger partial charge in [-0.3, -0.25) is 4.79 Å². The fourth-order valence-electron chi connectivity index (χ4n) is 9.34. The molecule has 0 saturated heterocycles. The first-order valence-corrected chi connectivity index (χ1v) is 17.6. The number of esters is 1. The van der Waals surface area contributed by atoms with Gasteiger partial charge in [-0.15, -0.1) is 0 Å². The Morgan fingerprint density at radius 3 is 2.73 bits per heavy atom. The van der Waals surface area contributed by atoms with E-state index in [1.54, 1.807) is 36.0 Å². The highest BCUT2D eigenvalue weighted by atomic mass is 32.2. The van der Waals surface area contributed by atoms with Crippen molar-refractivity contribution >= 4 is 40.7 Å². The van der Waals surface area contributed by atoms with E-state index in [9.17, 15) is 19.1 Å². The lowest BCUT2D eigenvalue weighted by Crippen LogP contribution is -2.62. The number of aliphatic hydroxyl groups is 1.